The van der Waals surface area contributed by atoms with Crippen molar-refractivity contribution in [1.82, 2.24) is 0 Å². The lowest BCUT2D eigenvalue weighted by Crippen LogP contribution is -2.08. The van der Waals surface area contributed by atoms with Crippen molar-refractivity contribution < 1.29 is 23.7 Å². The molecule has 0 unspecified atom stereocenters. The van der Waals surface area contributed by atoms with Gasteiger partial charge in [0.2, 0.25) is 5.91 Å². The lowest BCUT2D eigenvalue weighted by Gasteiger charge is -2.11. The van der Waals surface area contributed by atoms with Crippen LogP contribution in [0.15, 0.2) is 48.5 Å². The van der Waals surface area contributed by atoms with E-state index in [0.717, 1.165) is 24.2 Å². The number of benzene rings is 2. The largest absolute Gasteiger partial charge is 0.493 e. The van der Waals surface area contributed by atoms with E-state index >= 15 is 0 Å². The Morgan fingerprint density at radius 2 is 1.76 bits per heavy atom. The SMILES string of the molecule is CCCCOc1ccc(/C=C/C(=O)Nc2ccc(OCCOC)cc2)cc1OC. The van der Waals surface area contributed by atoms with E-state index in [1.54, 1.807) is 44.6 Å². The van der Waals surface area contributed by atoms with Gasteiger partial charge in [0.25, 0.3) is 0 Å². The summed E-state index contributed by atoms with van der Waals surface area (Å²) >= 11 is 0. The summed E-state index contributed by atoms with van der Waals surface area (Å²) in [7, 11) is 3.23. The first-order valence-corrected chi connectivity index (χ1v) is 9.68. The highest BCUT2D eigenvalue weighted by atomic mass is 16.5. The number of amides is 1. The van der Waals surface area contributed by atoms with Gasteiger partial charge in [0.15, 0.2) is 11.5 Å². The van der Waals surface area contributed by atoms with E-state index in [-0.39, 0.29) is 5.91 Å². The number of carbonyl (C=O) groups is 1. The van der Waals surface area contributed by atoms with Crippen molar-refractivity contribution in [1.29, 1.82) is 0 Å². The van der Waals surface area contributed by atoms with Crippen molar-refractivity contribution in [3.63, 3.8) is 0 Å². The molecule has 2 aromatic rings. The van der Waals surface area contributed by atoms with Crippen molar-refractivity contribution in [3.05, 3.63) is 54.1 Å². The molecule has 0 aliphatic carbocycles. The molecule has 6 heteroatoms. The smallest absolute Gasteiger partial charge is 0.248 e. The normalized spacial score (nSPS) is 10.7. The van der Waals surface area contributed by atoms with Crippen LogP contribution in [0, 0.1) is 0 Å². The lowest BCUT2D eigenvalue weighted by molar-refractivity contribution is -0.111. The van der Waals surface area contributed by atoms with E-state index in [4.69, 9.17) is 18.9 Å². The van der Waals surface area contributed by atoms with Crippen molar-refractivity contribution in [3.8, 4) is 17.2 Å². The number of nitrogens with one attached hydrogen (secondary N) is 1. The third kappa shape index (κ3) is 7.87. The maximum Gasteiger partial charge on any atom is 0.248 e. The number of hydrogen-bond donors (Lipinski definition) is 1. The van der Waals surface area contributed by atoms with Gasteiger partial charge in [-0.05, 0) is 54.5 Å². The van der Waals surface area contributed by atoms with Gasteiger partial charge in [0, 0.05) is 18.9 Å². The molecular weight excluding hydrogens is 370 g/mol. The van der Waals surface area contributed by atoms with Gasteiger partial charge in [-0.15, -0.1) is 0 Å². The monoisotopic (exact) mass is 399 g/mol. The Morgan fingerprint density at radius 1 is 0.966 bits per heavy atom. The van der Waals surface area contributed by atoms with E-state index in [1.165, 1.54) is 6.08 Å². The van der Waals surface area contributed by atoms with E-state index in [9.17, 15) is 4.79 Å². The standard InChI is InChI=1S/C23H29NO5/c1-4-5-14-29-21-12-6-18(17-22(21)27-3)7-13-23(25)24-19-8-10-20(11-9-19)28-16-15-26-2/h6-13,17H,4-5,14-16H2,1-3H3,(H,24,25)/b13-7+. The number of anilines is 1. The maximum atomic E-state index is 12.2. The number of rotatable bonds is 12. The Labute approximate surface area is 172 Å². The molecule has 0 aliphatic rings. The number of hydrogen-bond acceptors (Lipinski definition) is 5. The van der Waals surface area contributed by atoms with Crippen LogP contribution in [-0.2, 0) is 9.53 Å². The fourth-order valence-corrected chi connectivity index (χ4v) is 2.47. The highest BCUT2D eigenvalue weighted by Gasteiger charge is 2.05. The molecule has 6 nitrogen and oxygen atoms in total. The molecule has 0 heterocycles. The topological polar surface area (TPSA) is 66.0 Å². The minimum Gasteiger partial charge on any atom is -0.493 e. The average molecular weight is 399 g/mol. The summed E-state index contributed by atoms with van der Waals surface area (Å²) in [5, 5.41) is 2.82. The third-order valence-electron chi connectivity index (χ3n) is 4.05. The maximum absolute atomic E-state index is 12.2. The van der Waals surface area contributed by atoms with Gasteiger partial charge in [0.1, 0.15) is 12.4 Å². The molecular formula is C23H29NO5. The van der Waals surface area contributed by atoms with Crippen molar-refractivity contribution in [2.24, 2.45) is 0 Å². The summed E-state index contributed by atoms with van der Waals surface area (Å²) in [6.07, 6.45) is 5.28. The van der Waals surface area contributed by atoms with Gasteiger partial charge in [-0.25, -0.2) is 0 Å². The van der Waals surface area contributed by atoms with Crippen molar-refractivity contribution in [2.45, 2.75) is 19.8 Å². The van der Waals surface area contributed by atoms with Gasteiger partial charge < -0.3 is 24.3 Å². The highest BCUT2D eigenvalue weighted by Crippen LogP contribution is 2.28. The summed E-state index contributed by atoms with van der Waals surface area (Å²) in [6, 6.07) is 12.8. The van der Waals surface area contributed by atoms with Crippen LogP contribution >= 0.6 is 0 Å². The molecule has 0 atom stereocenters. The highest BCUT2D eigenvalue weighted by molar-refractivity contribution is 6.01. The van der Waals surface area contributed by atoms with Crippen molar-refractivity contribution >= 4 is 17.7 Å². The van der Waals surface area contributed by atoms with Crippen LogP contribution in [-0.4, -0.2) is 39.9 Å². The first-order chi connectivity index (χ1) is 14.2. The Morgan fingerprint density at radius 3 is 2.45 bits per heavy atom. The molecule has 0 spiro atoms. The Kier molecular flexibility index (Phi) is 9.59. The molecule has 2 aromatic carbocycles. The Balaban J connectivity index is 1.91. The van der Waals surface area contributed by atoms with Crippen LogP contribution in [0.5, 0.6) is 17.2 Å². The molecule has 0 bridgehead atoms. The van der Waals surface area contributed by atoms with Crippen LogP contribution in [0.1, 0.15) is 25.3 Å². The fraction of sp³-hybridized carbons (Fsp3) is 0.348. The van der Waals surface area contributed by atoms with Gasteiger partial charge in [-0.3, -0.25) is 4.79 Å². The summed E-state index contributed by atoms with van der Waals surface area (Å²) in [4.78, 5) is 12.2. The Bertz CT molecular complexity index is 786. The average Bonchev–Trinajstić information content (AvgIpc) is 2.74. The molecule has 156 valence electrons. The molecule has 0 radical (unpaired) electrons. The second-order valence-corrected chi connectivity index (χ2v) is 6.30. The first kappa shape index (κ1) is 22.3. The van der Waals surface area contributed by atoms with E-state index in [1.807, 2.05) is 18.2 Å². The van der Waals surface area contributed by atoms with E-state index in [0.29, 0.717) is 37.0 Å². The molecule has 29 heavy (non-hydrogen) atoms. The van der Waals surface area contributed by atoms with Crippen LogP contribution in [0.2, 0.25) is 0 Å². The molecule has 0 aliphatic heterocycles. The van der Waals surface area contributed by atoms with Crippen LogP contribution in [0.25, 0.3) is 6.08 Å². The van der Waals surface area contributed by atoms with Gasteiger partial charge in [-0.2, -0.15) is 0 Å². The van der Waals surface area contributed by atoms with Gasteiger partial charge >= 0.3 is 0 Å². The molecule has 2 rings (SSSR count). The quantitative estimate of drug-likeness (QED) is 0.419. The van der Waals surface area contributed by atoms with Gasteiger partial charge in [-0.1, -0.05) is 19.4 Å². The second kappa shape index (κ2) is 12.5. The van der Waals surface area contributed by atoms with Crippen LogP contribution < -0.4 is 19.5 Å². The van der Waals surface area contributed by atoms with Crippen LogP contribution in [0.4, 0.5) is 5.69 Å². The predicted molar refractivity (Wildman–Crippen MR) is 115 cm³/mol. The van der Waals surface area contributed by atoms with E-state index < -0.39 is 0 Å². The zero-order chi connectivity index (χ0) is 20.9. The van der Waals surface area contributed by atoms with Crippen LogP contribution in [0.3, 0.4) is 0 Å². The zero-order valence-corrected chi connectivity index (χ0v) is 17.3. The molecule has 0 fully saturated rings. The molecule has 1 N–H and O–H groups in total. The minimum absolute atomic E-state index is 0.222. The van der Waals surface area contributed by atoms with Gasteiger partial charge in [0.05, 0.1) is 20.3 Å². The zero-order valence-electron chi connectivity index (χ0n) is 17.3. The van der Waals surface area contributed by atoms with Crippen molar-refractivity contribution in [2.75, 3.05) is 39.4 Å². The predicted octanol–water partition coefficient (Wildman–Crippen LogP) is 4.55. The second-order valence-electron chi connectivity index (χ2n) is 6.30. The number of methoxy groups -OCH3 is 2. The summed E-state index contributed by atoms with van der Waals surface area (Å²) < 4.78 is 21.6. The summed E-state index contributed by atoms with van der Waals surface area (Å²) in [6.45, 7) is 3.78. The summed E-state index contributed by atoms with van der Waals surface area (Å²) in [5.41, 5.74) is 1.54. The molecule has 0 aromatic heterocycles. The molecule has 0 saturated carbocycles. The Hall–Kier alpha value is -2.99. The minimum atomic E-state index is -0.222. The number of carbonyl (C=O) groups excluding carboxylic acids is 1. The van der Waals surface area contributed by atoms with E-state index in [2.05, 4.69) is 12.2 Å². The fourth-order valence-electron chi connectivity index (χ4n) is 2.47. The third-order valence-corrected chi connectivity index (χ3v) is 4.05. The summed E-state index contributed by atoms with van der Waals surface area (Å²) in [5.74, 6) is 1.85. The first-order valence-electron chi connectivity index (χ1n) is 9.68. The number of ether oxygens (including phenoxy) is 4. The molecule has 1 amide bonds. The molecule has 0 saturated heterocycles. The lowest BCUT2D eigenvalue weighted by atomic mass is 10.2. The number of unbranched alkanes of at least 4 members (excludes halogenated alkanes) is 1.